The Morgan fingerprint density at radius 2 is 1.65 bits per heavy atom. The van der Waals surface area contributed by atoms with Crippen molar-refractivity contribution in [3.05, 3.63) is 54.1 Å². The third kappa shape index (κ3) is 7.48. The molecule has 1 unspecified atom stereocenters. The molecule has 0 aliphatic heterocycles. The molecule has 0 saturated carbocycles. The molecule has 2 aromatic carbocycles. The van der Waals surface area contributed by atoms with E-state index in [1.54, 1.807) is 24.3 Å². The molecule has 9 heteroatoms. The van der Waals surface area contributed by atoms with Crippen molar-refractivity contribution in [1.29, 1.82) is 0 Å². The lowest BCUT2D eigenvalue weighted by molar-refractivity contribution is -0.124. The number of nitrogens with one attached hydrogen (secondary N) is 1. The lowest BCUT2D eigenvalue weighted by atomic mass is 10.0. The number of hydrogen-bond acceptors (Lipinski definition) is 6. The molecule has 2 rings (SSSR count). The average Bonchev–Trinajstić information content (AvgIpc) is 2.81. The fraction of sp³-hybridized carbons (Fsp3) is 0.440. The van der Waals surface area contributed by atoms with Crippen LogP contribution in [0.1, 0.15) is 50.4 Å². The van der Waals surface area contributed by atoms with Gasteiger partial charge in [0.2, 0.25) is 0 Å². The Balaban J connectivity index is 1.95. The summed E-state index contributed by atoms with van der Waals surface area (Å²) in [7, 11) is -0.988. The molecule has 0 spiro atoms. The third-order valence-electron chi connectivity index (χ3n) is 5.33. The van der Waals surface area contributed by atoms with Crippen molar-refractivity contribution in [3.63, 3.8) is 0 Å². The number of carbonyl (C=O) groups excluding carboxylic acids is 2. The molecule has 0 aromatic heterocycles. The molecule has 1 atom stereocenters. The third-order valence-corrected chi connectivity index (χ3v) is 7.12. The molecule has 2 aromatic rings. The highest BCUT2D eigenvalue weighted by atomic mass is 32.2. The van der Waals surface area contributed by atoms with Gasteiger partial charge in [-0.1, -0.05) is 38.8 Å². The van der Waals surface area contributed by atoms with E-state index in [9.17, 15) is 18.0 Å². The lowest BCUT2D eigenvalue weighted by Crippen LogP contribution is -2.35. The summed E-state index contributed by atoms with van der Waals surface area (Å²) in [5.41, 5.74) is 0.537. The predicted molar refractivity (Wildman–Crippen MR) is 132 cm³/mol. The van der Waals surface area contributed by atoms with E-state index in [0.29, 0.717) is 17.4 Å². The number of anilines is 1. The molecular weight excluding hydrogens is 456 g/mol. The van der Waals surface area contributed by atoms with Crippen LogP contribution in [-0.4, -0.2) is 47.1 Å². The Hall–Kier alpha value is -3.07. The van der Waals surface area contributed by atoms with Crippen molar-refractivity contribution in [2.45, 2.75) is 51.0 Å². The predicted octanol–water partition coefficient (Wildman–Crippen LogP) is 4.01. The molecule has 0 aliphatic rings. The topological polar surface area (TPSA) is 102 Å². The van der Waals surface area contributed by atoms with Gasteiger partial charge in [0, 0.05) is 13.1 Å². The van der Waals surface area contributed by atoms with E-state index < -0.39 is 22.6 Å². The first-order chi connectivity index (χ1) is 16.1. The van der Waals surface area contributed by atoms with Gasteiger partial charge in [0.15, 0.2) is 6.61 Å². The Morgan fingerprint density at radius 1 is 1.00 bits per heavy atom. The number of amides is 1. The van der Waals surface area contributed by atoms with Crippen LogP contribution in [0.5, 0.6) is 5.75 Å². The zero-order valence-electron chi connectivity index (χ0n) is 20.4. The SMILES string of the molecule is COc1ccccc1N(C)S(=O)(=O)c1ccc(C(=O)OCC(=O)NC(C)CCCC(C)C)cc1. The Morgan fingerprint density at radius 3 is 2.26 bits per heavy atom. The van der Waals surface area contributed by atoms with Gasteiger partial charge in [-0.3, -0.25) is 9.10 Å². The van der Waals surface area contributed by atoms with Crippen molar-refractivity contribution in [2.24, 2.45) is 5.92 Å². The number of nitrogens with zero attached hydrogens (tertiary/aromatic N) is 1. The molecular formula is C25H34N2O6S. The zero-order chi connectivity index (χ0) is 25.3. The highest BCUT2D eigenvalue weighted by Crippen LogP contribution is 2.30. The molecule has 0 radical (unpaired) electrons. The van der Waals surface area contributed by atoms with Crippen molar-refractivity contribution in [3.8, 4) is 5.75 Å². The standard InChI is InChI=1S/C25H34N2O6S/c1-18(2)9-8-10-19(3)26-24(28)17-33-25(29)20-13-15-21(16-14-20)34(30,31)27(4)22-11-6-7-12-23(22)32-5/h6-7,11-16,18-19H,8-10,17H2,1-5H3,(H,26,28). The Labute approximate surface area is 202 Å². The van der Waals surface area contributed by atoms with E-state index in [2.05, 4.69) is 19.2 Å². The van der Waals surface area contributed by atoms with E-state index in [1.807, 2.05) is 6.92 Å². The first-order valence-electron chi connectivity index (χ1n) is 11.2. The summed E-state index contributed by atoms with van der Waals surface area (Å²) in [5, 5.41) is 2.82. The fourth-order valence-electron chi connectivity index (χ4n) is 3.38. The van der Waals surface area contributed by atoms with Gasteiger partial charge in [0.05, 0.1) is 23.3 Å². The molecule has 186 valence electrons. The fourth-order valence-corrected chi connectivity index (χ4v) is 4.58. The van der Waals surface area contributed by atoms with Crippen LogP contribution in [0.2, 0.25) is 0 Å². The number of benzene rings is 2. The van der Waals surface area contributed by atoms with Crippen LogP contribution < -0.4 is 14.4 Å². The molecule has 0 heterocycles. The van der Waals surface area contributed by atoms with Gasteiger partial charge >= 0.3 is 5.97 Å². The van der Waals surface area contributed by atoms with Crippen LogP contribution in [0.3, 0.4) is 0 Å². The van der Waals surface area contributed by atoms with Crippen molar-refractivity contribution in [1.82, 2.24) is 5.32 Å². The molecule has 1 N–H and O–H groups in total. The molecule has 34 heavy (non-hydrogen) atoms. The summed E-state index contributed by atoms with van der Waals surface area (Å²) in [6, 6.07) is 12.1. The number of para-hydroxylation sites is 2. The quantitative estimate of drug-likeness (QED) is 0.451. The van der Waals surface area contributed by atoms with Crippen LogP contribution in [0.4, 0.5) is 5.69 Å². The maximum Gasteiger partial charge on any atom is 0.338 e. The summed E-state index contributed by atoms with van der Waals surface area (Å²) in [6.07, 6.45) is 2.97. The van der Waals surface area contributed by atoms with E-state index in [-0.39, 0.29) is 22.4 Å². The summed E-state index contributed by atoms with van der Waals surface area (Å²) in [4.78, 5) is 24.4. The number of rotatable bonds is 12. The molecule has 8 nitrogen and oxygen atoms in total. The molecule has 0 fully saturated rings. The summed E-state index contributed by atoms with van der Waals surface area (Å²) in [5.74, 6) is -0.0410. The van der Waals surface area contributed by atoms with Gasteiger partial charge < -0.3 is 14.8 Å². The average molecular weight is 491 g/mol. The first kappa shape index (κ1) is 27.2. The van der Waals surface area contributed by atoms with Crippen LogP contribution in [-0.2, 0) is 19.6 Å². The van der Waals surface area contributed by atoms with Gasteiger partial charge in [-0.2, -0.15) is 0 Å². The molecule has 0 saturated heterocycles. The summed E-state index contributed by atoms with van der Waals surface area (Å²) < 4.78 is 37.5. The molecule has 1 amide bonds. The van der Waals surface area contributed by atoms with Crippen LogP contribution in [0.25, 0.3) is 0 Å². The van der Waals surface area contributed by atoms with E-state index in [1.165, 1.54) is 38.4 Å². The van der Waals surface area contributed by atoms with Crippen molar-refractivity contribution in [2.75, 3.05) is 25.1 Å². The molecule has 0 bridgehead atoms. The van der Waals surface area contributed by atoms with Crippen molar-refractivity contribution >= 4 is 27.6 Å². The molecule has 0 aliphatic carbocycles. The number of methoxy groups -OCH3 is 1. The van der Waals surface area contributed by atoms with E-state index in [4.69, 9.17) is 9.47 Å². The van der Waals surface area contributed by atoms with Gasteiger partial charge in [-0.25, -0.2) is 13.2 Å². The highest BCUT2D eigenvalue weighted by molar-refractivity contribution is 7.92. The number of carbonyl (C=O) groups is 2. The maximum absolute atomic E-state index is 13.0. The minimum Gasteiger partial charge on any atom is -0.495 e. The van der Waals surface area contributed by atoms with Gasteiger partial charge in [-0.15, -0.1) is 0 Å². The summed E-state index contributed by atoms with van der Waals surface area (Å²) in [6.45, 7) is 5.83. The minimum atomic E-state index is -3.88. The Bertz CT molecular complexity index is 1070. The van der Waals surface area contributed by atoms with E-state index >= 15 is 0 Å². The number of sulfonamides is 1. The largest absolute Gasteiger partial charge is 0.495 e. The lowest BCUT2D eigenvalue weighted by Gasteiger charge is -2.21. The number of ether oxygens (including phenoxy) is 2. The highest BCUT2D eigenvalue weighted by Gasteiger charge is 2.24. The normalized spacial score (nSPS) is 12.2. The second kappa shape index (κ2) is 12.4. The van der Waals surface area contributed by atoms with Crippen molar-refractivity contribution < 1.29 is 27.5 Å². The Kier molecular flexibility index (Phi) is 9.92. The maximum atomic E-state index is 13.0. The second-order valence-electron chi connectivity index (χ2n) is 8.54. The van der Waals surface area contributed by atoms with Gasteiger partial charge in [-0.05, 0) is 55.7 Å². The number of hydrogen-bond donors (Lipinski definition) is 1. The smallest absolute Gasteiger partial charge is 0.338 e. The van der Waals surface area contributed by atoms with Crippen LogP contribution in [0.15, 0.2) is 53.4 Å². The number of esters is 1. The minimum absolute atomic E-state index is 0.00493. The zero-order valence-corrected chi connectivity index (χ0v) is 21.2. The first-order valence-corrected chi connectivity index (χ1v) is 12.7. The van der Waals surface area contributed by atoms with E-state index in [0.717, 1.165) is 23.6 Å². The van der Waals surface area contributed by atoms with Gasteiger partial charge in [0.1, 0.15) is 5.75 Å². The second-order valence-corrected chi connectivity index (χ2v) is 10.5. The summed E-state index contributed by atoms with van der Waals surface area (Å²) >= 11 is 0. The van der Waals surface area contributed by atoms with Gasteiger partial charge in [0.25, 0.3) is 15.9 Å². The monoisotopic (exact) mass is 490 g/mol. The van der Waals surface area contributed by atoms with Crippen LogP contribution in [0, 0.1) is 5.92 Å². The van der Waals surface area contributed by atoms with Crippen LogP contribution >= 0.6 is 0 Å².